The Balaban J connectivity index is 1.66. The molecule has 0 amide bonds. The minimum absolute atomic E-state index is 0.104. The Labute approximate surface area is 272 Å². The molecule has 0 spiro atoms. The van der Waals surface area contributed by atoms with Crippen molar-refractivity contribution in [2.24, 2.45) is 10.8 Å². The number of rotatable bonds is 9. The molecular formula is C35H41Br2NO5. The van der Waals surface area contributed by atoms with E-state index in [-0.39, 0.29) is 22.4 Å². The third-order valence-electron chi connectivity index (χ3n) is 8.50. The summed E-state index contributed by atoms with van der Waals surface area (Å²) in [7, 11) is 1.69. The topological polar surface area (TPSA) is 65.1 Å². The van der Waals surface area contributed by atoms with Crippen LogP contribution in [0.3, 0.4) is 0 Å². The summed E-state index contributed by atoms with van der Waals surface area (Å²) >= 11 is 7.25. The van der Waals surface area contributed by atoms with Crippen LogP contribution in [0.4, 0.5) is 0 Å². The Morgan fingerprint density at radius 3 is 1.98 bits per heavy atom. The van der Waals surface area contributed by atoms with E-state index in [1.54, 1.807) is 7.11 Å². The summed E-state index contributed by atoms with van der Waals surface area (Å²) in [4.78, 5) is 30.4. The van der Waals surface area contributed by atoms with Crippen LogP contribution in [0.25, 0.3) is 0 Å². The average Bonchev–Trinajstić information content (AvgIpc) is 2.91. The highest BCUT2D eigenvalue weighted by Gasteiger charge is 2.49. The summed E-state index contributed by atoms with van der Waals surface area (Å²) in [6.45, 7) is 12.5. The maximum atomic E-state index is 14.1. The van der Waals surface area contributed by atoms with Gasteiger partial charge >= 0.3 is 0 Å². The number of allylic oxidation sites excluding steroid dienone is 4. The number of hydrogen-bond donors (Lipinski definition) is 0. The zero-order valence-corrected chi connectivity index (χ0v) is 29.1. The molecule has 0 aromatic heterocycles. The zero-order valence-electron chi connectivity index (χ0n) is 25.9. The van der Waals surface area contributed by atoms with Crippen LogP contribution in [0.2, 0.25) is 0 Å². The van der Waals surface area contributed by atoms with Crippen molar-refractivity contribution in [3.05, 3.63) is 79.0 Å². The highest BCUT2D eigenvalue weighted by Crippen LogP contribution is 2.55. The van der Waals surface area contributed by atoms with E-state index in [1.165, 1.54) is 0 Å². The van der Waals surface area contributed by atoms with Gasteiger partial charge in [-0.2, -0.15) is 0 Å². The number of carbonyl (C=O) groups excluding carboxylic acids is 2. The summed E-state index contributed by atoms with van der Waals surface area (Å²) in [6.07, 6.45) is 2.40. The number of ketones is 2. The molecule has 6 nitrogen and oxygen atoms in total. The van der Waals surface area contributed by atoms with Crippen LogP contribution in [0, 0.1) is 10.8 Å². The van der Waals surface area contributed by atoms with Gasteiger partial charge in [0.25, 0.3) is 0 Å². The fourth-order valence-electron chi connectivity index (χ4n) is 6.73. The lowest BCUT2D eigenvalue weighted by atomic mass is 9.63. The smallest absolute Gasteiger partial charge is 0.175 e. The SMILES string of the molecule is CCOc1cc(C2C3=C(CC(C)(C)CC3=O)N(CCOC)C3=C2C(=O)CC(C)(C)C3)cc(Br)c1OCc1ccc(Br)cc1. The fourth-order valence-corrected chi connectivity index (χ4v) is 7.57. The molecule has 0 N–H and O–H groups in total. The number of nitrogens with zero attached hydrogens (tertiary/aromatic N) is 1. The van der Waals surface area contributed by atoms with Gasteiger partial charge in [-0.25, -0.2) is 0 Å². The lowest BCUT2D eigenvalue weighted by Crippen LogP contribution is -2.45. The maximum Gasteiger partial charge on any atom is 0.175 e. The molecule has 3 aliphatic rings. The molecule has 0 unspecified atom stereocenters. The molecule has 1 aliphatic heterocycles. The molecule has 0 radical (unpaired) electrons. The van der Waals surface area contributed by atoms with Crippen LogP contribution < -0.4 is 9.47 Å². The van der Waals surface area contributed by atoms with Crippen molar-refractivity contribution in [3.63, 3.8) is 0 Å². The molecule has 1 heterocycles. The van der Waals surface area contributed by atoms with Gasteiger partial charge < -0.3 is 19.1 Å². The lowest BCUT2D eigenvalue weighted by Gasteiger charge is -2.49. The van der Waals surface area contributed by atoms with Crippen molar-refractivity contribution in [2.45, 2.75) is 72.8 Å². The van der Waals surface area contributed by atoms with Crippen molar-refractivity contribution in [3.8, 4) is 11.5 Å². The minimum Gasteiger partial charge on any atom is -0.490 e. The van der Waals surface area contributed by atoms with Crippen molar-refractivity contribution >= 4 is 43.4 Å². The molecule has 5 rings (SSSR count). The van der Waals surface area contributed by atoms with Crippen LogP contribution in [0.1, 0.15) is 77.3 Å². The molecule has 0 saturated heterocycles. The van der Waals surface area contributed by atoms with Gasteiger partial charge in [0, 0.05) is 59.4 Å². The van der Waals surface area contributed by atoms with Gasteiger partial charge in [-0.1, -0.05) is 55.8 Å². The number of halogens is 2. The van der Waals surface area contributed by atoms with E-state index in [0.717, 1.165) is 55.5 Å². The molecule has 230 valence electrons. The number of benzene rings is 2. The van der Waals surface area contributed by atoms with Gasteiger partial charge in [0.2, 0.25) is 0 Å². The summed E-state index contributed by atoms with van der Waals surface area (Å²) in [5, 5.41) is 0. The zero-order chi connectivity index (χ0) is 31.1. The first kappa shape index (κ1) is 32.0. The van der Waals surface area contributed by atoms with E-state index in [0.29, 0.717) is 50.7 Å². The van der Waals surface area contributed by atoms with Gasteiger partial charge in [0.15, 0.2) is 23.1 Å². The van der Waals surface area contributed by atoms with Crippen molar-refractivity contribution in [1.82, 2.24) is 4.90 Å². The van der Waals surface area contributed by atoms with Gasteiger partial charge in [0.1, 0.15) is 6.61 Å². The molecule has 0 bridgehead atoms. The van der Waals surface area contributed by atoms with Crippen LogP contribution in [-0.2, 0) is 20.9 Å². The lowest BCUT2D eigenvalue weighted by molar-refractivity contribution is -0.119. The standard InChI is InChI=1S/C35H41Br2NO5/c1-7-42-29-15-22(14-24(37)33(29)43-20-21-8-10-23(36)11-9-21)30-31-25(16-34(2,3)18-27(31)39)38(12-13-41-6)26-17-35(4,5)19-28(40)32(26)30/h8-11,14-15,30H,7,12-13,16-20H2,1-6H3. The Morgan fingerprint density at radius 1 is 0.860 bits per heavy atom. The second kappa shape index (κ2) is 12.5. The van der Waals surface area contributed by atoms with Crippen molar-refractivity contribution in [1.29, 1.82) is 0 Å². The first-order valence-corrected chi connectivity index (χ1v) is 16.5. The second-order valence-corrected chi connectivity index (χ2v) is 15.1. The van der Waals surface area contributed by atoms with Crippen LogP contribution >= 0.6 is 31.9 Å². The Bertz CT molecular complexity index is 1430. The Hall–Kier alpha value is -2.42. The number of Topliss-reactive ketones (excluding diaryl/α,β-unsaturated/α-hetero) is 2. The van der Waals surface area contributed by atoms with E-state index in [1.807, 2.05) is 43.3 Å². The third-order valence-corrected chi connectivity index (χ3v) is 9.62. The molecule has 2 aromatic rings. The molecule has 43 heavy (non-hydrogen) atoms. The number of carbonyl (C=O) groups is 2. The van der Waals surface area contributed by atoms with Crippen LogP contribution in [0.15, 0.2) is 67.9 Å². The van der Waals surface area contributed by atoms with Gasteiger partial charge in [-0.05, 0) is 81.9 Å². The van der Waals surface area contributed by atoms with Gasteiger partial charge in [0.05, 0.1) is 17.7 Å². The summed E-state index contributed by atoms with van der Waals surface area (Å²) < 4.78 is 19.7. The summed E-state index contributed by atoms with van der Waals surface area (Å²) in [5.74, 6) is 0.927. The number of methoxy groups -OCH3 is 1. The highest BCUT2D eigenvalue weighted by molar-refractivity contribution is 9.10. The van der Waals surface area contributed by atoms with E-state index in [2.05, 4.69) is 64.5 Å². The number of hydrogen-bond acceptors (Lipinski definition) is 6. The average molecular weight is 716 g/mol. The first-order chi connectivity index (χ1) is 20.3. The first-order valence-electron chi connectivity index (χ1n) is 15.0. The Kier molecular flexibility index (Phi) is 9.32. The predicted octanol–water partition coefficient (Wildman–Crippen LogP) is 8.52. The molecule has 8 heteroatoms. The number of ether oxygens (including phenoxy) is 3. The van der Waals surface area contributed by atoms with Crippen LogP contribution in [-0.4, -0.2) is 43.3 Å². The van der Waals surface area contributed by atoms with Crippen LogP contribution in [0.5, 0.6) is 11.5 Å². The van der Waals surface area contributed by atoms with Gasteiger partial charge in [-0.3, -0.25) is 9.59 Å². The van der Waals surface area contributed by atoms with Crippen molar-refractivity contribution < 1.29 is 23.8 Å². The van der Waals surface area contributed by atoms with E-state index in [4.69, 9.17) is 14.2 Å². The monoisotopic (exact) mass is 713 g/mol. The molecule has 2 aliphatic carbocycles. The quantitative estimate of drug-likeness (QED) is 0.260. The fraction of sp³-hybridized carbons (Fsp3) is 0.486. The van der Waals surface area contributed by atoms with E-state index < -0.39 is 5.92 Å². The Morgan fingerprint density at radius 2 is 1.44 bits per heavy atom. The van der Waals surface area contributed by atoms with Gasteiger partial charge in [-0.15, -0.1) is 0 Å². The molecule has 0 fully saturated rings. The van der Waals surface area contributed by atoms with E-state index in [9.17, 15) is 9.59 Å². The molecular weight excluding hydrogens is 674 g/mol. The molecule has 2 aromatic carbocycles. The highest BCUT2D eigenvalue weighted by atomic mass is 79.9. The predicted molar refractivity (Wildman–Crippen MR) is 175 cm³/mol. The summed E-state index contributed by atoms with van der Waals surface area (Å²) in [5.41, 5.74) is 5.05. The molecule has 0 atom stereocenters. The maximum absolute atomic E-state index is 14.1. The third kappa shape index (κ3) is 6.66. The largest absolute Gasteiger partial charge is 0.490 e. The van der Waals surface area contributed by atoms with E-state index >= 15 is 0 Å². The summed E-state index contributed by atoms with van der Waals surface area (Å²) in [6, 6.07) is 12.0. The second-order valence-electron chi connectivity index (χ2n) is 13.4. The normalized spacial score (nSPS) is 19.9. The van der Waals surface area contributed by atoms with Crippen molar-refractivity contribution in [2.75, 3.05) is 26.9 Å². The molecule has 0 saturated carbocycles. The minimum atomic E-state index is -0.466.